The Morgan fingerprint density at radius 2 is 1.94 bits per heavy atom. The molecule has 5 N–H and O–H groups in total. The molecular formula is C40H41N5O7S. The van der Waals surface area contributed by atoms with Crippen LogP contribution < -0.4 is 24.8 Å². The number of piperazine rings is 1. The summed E-state index contributed by atoms with van der Waals surface area (Å²) in [6, 6.07) is 8.19. The quantitative estimate of drug-likeness (QED) is 0.175. The van der Waals surface area contributed by atoms with Crippen LogP contribution in [0.2, 0.25) is 0 Å². The maximum atomic E-state index is 15.3. The lowest BCUT2D eigenvalue weighted by Crippen LogP contribution is -2.74. The second-order valence-electron chi connectivity index (χ2n) is 15.3. The molecular weight excluding hydrogens is 695 g/mol. The first-order valence-corrected chi connectivity index (χ1v) is 19.3. The van der Waals surface area contributed by atoms with Gasteiger partial charge >= 0.3 is 5.97 Å². The Kier molecular flexibility index (Phi) is 6.98. The first-order valence-electron chi connectivity index (χ1n) is 18.3. The number of nitrogens with one attached hydrogen (secondary N) is 3. The van der Waals surface area contributed by atoms with Crippen molar-refractivity contribution in [2.45, 2.75) is 87.6 Å². The van der Waals surface area contributed by atoms with Gasteiger partial charge in [0.05, 0.1) is 36.5 Å². The molecule has 274 valence electrons. The van der Waals surface area contributed by atoms with Crippen LogP contribution in [-0.2, 0) is 32.8 Å². The van der Waals surface area contributed by atoms with Crippen LogP contribution in [0, 0.1) is 32.1 Å². The summed E-state index contributed by atoms with van der Waals surface area (Å²) < 4.78 is 24.9. The fraction of sp³-hybridized carbons (Fsp3) is 0.450. The molecule has 10 rings (SSSR count). The number of aromatic amines is 1. The van der Waals surface area contributed by atoms with Gasteiger partial charge in [-0.05, 0) is 68.9 Å². The molecule has 7 atom stereocenters. The number of benzene rings is 3. The average molecular weight is 736 g/mol. The molecule has 0 radical (unpaired) electrons. The van der Waals surface area contributed by atoms with E-state index in [1.807, 2.05) is 19.9 Å². The number of carbonyl (C=O) groups excluding carboxylic acids is 1. The van der Waals surface area contributed by atoms with E-state index in [2.05, 4.69) is 51.7 Å². The van der Waals surface area contributed by atoms with E-state index in [9.17, 15) is 15.5 Å². The highest BCUT2D eigenvalue weighted by Crippen LogP contribution is 2.67. The number of hydrogen-bond acceptors (Lipinski definition) is 12. The Labute approximate surface area is 310 Å². The summed E-state index contributed by atoms with van der Waals surface area (Å²) in [5, 5.41) is 43.8. The molecule has 53 heavy (non-hydrogen) atoms. The van der Waals surface area contributed by atoms with E-state index in [4.69, 9.17) is 18.9 Å². The first kappa shape index (κ1) is 33.0. The van der Waals surface area contributed by atoms with Gasteiger partial charge in [-0.25, -0.2) is 4.79 Å². The molecule has 4 aromatic rings. The highest BCUT2D eigenvalue weighted by Gasteiger charge is 2.69. The Balaban J connectivity index is 1.24. The number of hydrogen-bond donors (Lipinski definition) is 5. The molecule has 1 aromatic heterocycles. The Bertz CT molecular complexity index is 2340. The number of aryl methyl sites for hydroxylation is 2. The van der Waals surface area contributed by atoms with Crippen LogP contribution in [-0.4, -0.2) is 70.4 Å². The van der Waals surface area contributed by atoms with Gasteiger partial charge in [-0.3, -0.25) is 10.2 Å². The molecule has 2 fully saturated rings. The van der Waals surface area contributed by atoms with Gasteiger partial charge in [0, 0.05) is 52.0 Å². The number of phenols is 2. The molecule has 7 heterocycles. The van der Waals surface area contributed by atoms with Gasteiger partial charge in [0.25, 0.3) is 0 Å². The fourth-order valence-electron chi connectivity index (χ4n) is 10.5. The number of carbonyl (C=O) groups is 1. The maximum absolute atomic E-state index is 15.3. The smallest absolute Gasteiger partial charge is 0.335 e. The van der Waals surface area contributed by atoms with Crippen LogP contribution in [0.1, 0.15) is 75.6 Å². The lowest BCUT2D eigenvalue weighted by molar-refractivity contribution is -0.177. The van der Waals surface area contributed by atoms with E-state index in [1.54, 1.807) is 6.92 Å². The molecule has 3 aromatic carbocycles. The zero-order valence-electron chi connectivity index (χ0n) is 30.2. The number of H-pyrrole nitrogens is 1. The molecule has 12 nitrogen and oxygen atoms in total. The third-order valence-corrected chi connectivity index (χ3v) is 14.2. The van der Waals surface area contributed by atoms with Gasteiger partial charge in [-0.1, -0.05) is 24.6 Å². The molecule has 0 amide bonds. The number of methoxy groups -OCH3 is 1. The van der Waals surface area contributed by atoms with Gasteiger partial charge in [0.2, 0.25) is 11.7 Å². The minimum Gasteiger partial charge on any atom is -0.507 e. The minimum atomic E-state index is -1.56. The van der Waals surface area contributed by atoms with Crippen molar-refractivity contribution in [3.63, 3.8) is 0 Å². The zero-order valence-corrected chi connectivity index (χ0v) is 31.0. The molecule has 3 unspecified atom stereocenters. The second kappa shape index (κ2) is 11.2. The van der Waals surface area contributed by atoms with E-state index in [0.29, 0.717) is 58.9 Å². The number of rotatable bonds is 2. The van der Waals surface area contributed by atoms with Crippen LogP contribution in [0.15, 0.2) is 24.3 Å². The molecule has 2 saturated heterocycles. The molecule has 2 spiro atoms. The lowest BCUT2D eigenvalue weighted by atomic mass is 9.70. The molecule has 6 aliphatic heterocycles. The number of nitrogens with zero attached hydrogens (tertiary/aromatic N) is 2. The predicted octanol–water partition coefficient (Wildman–Crippen LogP) is 5.02. The van der Waals surface area contributed by atoms with Crippen LogP contribution in [0.25, 0.3) is 10.9 Å². The Morgan fingerprint density at radius 3 is 2.70 bits per heavy atom. The number of aromatic hydroxyl groups is 2. The summed E-state index contributed by atoms with van der Waals surface area (Å²) >= 11 is 1.45. The zero-order chi connectivity index (χ0) is 36.7. The minimum absolute atomic E-state index is 0.0175. The fourth-order valence-corrected chi connectivity index (χ4v) is 12.2. The van der Waals surface area contributed by atoms with Crippen molar-refractivity contribution < 1.29 is 34.0 Å². The van der Waals surface area contributed by atoms with Gasteiger partial charge in [-0.2, -0.15) is 5.26 Å². The Hall–Kier alpha value is -4.61. The second-order valence-corrected chi connectivity index (χ2v) is 16.5. The highest BCUT2D eigenvalue weighted by molar-refractivity contribution is 8.00. The number of esters is 1. The number of thioether (sulfide) groups is 1. The van der Waals surface area contributed by atoms with Crippen LogP contribution >= 0.6 is 11.8 Å². The van der Waals surface area contributed by atoms with Gasteiger partial charge in [0.1, 0.15) is 11.8 Å². The average Bonchev–Trinajstić information content (AvgIpc) is 3.78. The highest BCUT2D eigenvalue weighted by atomic mass is 32.2. The van der Waals surface area contributed by atoms with E-state index < -0.39 is 40.6 Å². The largest absolute Gasteiger partial charge is 0.507 e. The lowest BCUT2D eigenvalue weighted by Gasteiger charge is -2.63. The van der Waals surface area contributed by atoms with E-state index in [0.717, 1.165) is 45.3 Å². The van der Waals surface area contributed by atoms with Gasteiger partial charge in [0.15, 0.2) is 28.5 Å². The van der Waals surface area contributed by atoms with Crippen molar-refractivity contribution >= 4 is 28.6 Å². The molecule has 2 bridgehead atoms. The van der Waals surface area contributed by atoms with Crippen molar-refractivity contribution in [1.29, 1.82) is 5.26 Å². The van der Waals surface area contributed by atoms with E-state index >= 15 is 4.79 Å². The standard InChI is InChI=1S/C40H41N5O7S/c1-6-25-28-29(31(46)19(4)34-35(28)51-16-50-34)40(37-30-27-20(12-18(3)33(49-5)32(27)47)13-24(43-30)26(14-41)45(25)37)52-38(48)39(15-53-40)36-21(9-10-42-39)22-11-17(2)7-8-23(22)44-36/h7-8,11-12,24-26,30,37,42-44,46-47H,6,9-10,13,15-16H2,1-5H3/t24?,25-,26-,30?,37?,39+,40+/m0/s1. The summed E-state index contributed by atoms with van der Waals surface area (Å²) in [6.45, 7) is 8.35. The summed E-state index contributed by atoms with van der Waals surface area (Å²) in [5.74, 6) is 1.10. The predicted molar refractivity (Wildman–Crippen MR) is 196 cm³/mol. The van der Waals surface area contributed by atoms with Crippen LogP contribution in [0.5, 0.6) is 28.7 Å². The van der Waals surface area contributed by atoms with Crippen molar-refractivity contribution in [3.05, 3.63) is 74.5 Å². The molecule has 0 saturated carbocycles. The number of phenolic OH excluding ortho intramolecular Hbond substituents is 2. The SMILES string of the molecule is CC[C@H]1c2c3c(c(C)c(O)c2[C@]2(OC(=O)[C@]4(CS2)NCCc2c4[nH]c4ccc(C)cc24)C2C4NC(Cc5cc(C)c(OC)c(O)c54)[C@H](C#N)N21)OCO3. The van der Waals surface area contributed by atoms with E-state index in [1.165, 1.54) is 18.9 Å². The van der Waals surface area contributed by atoms with Crippen molar-refractivity contribution in [3.8, 4) is 34.8 Å². The maximum Gasteiger partial charge on any atom is 0.335 e. The number of fused-ring (bicyclic) bond motifs is 15. The molecule has 13 heteroatoms. The summed E-state index contributed by atoms with van der Waals surface area (Å²) in [5.41, 5.74) is 6.73. The van der Waals surface area contributed by atoms with Gasteiger partial charge in [-0.15, -0.1) is 11.8 Å². The topological polar surface area (TPSA) is 161 Å². The number of ether oxygens (including phenoxy) is 4. The third kappa shape index (κ3) is 4.04. The first-order chi connectivity index (χ1) is 25.6. The van der Waals surface area contributed by atoms with Gasteiger partial charge < -0.3 is 39.5 Å². The van der Waals surface area contributed by atoms with Crippen LogP contribution in [0.3, 0.4) is 0 Å². The summed E-state index contributed by atoms with van der Waals surface area (Å²) in [4.78, 5) is 19.5. The van der Waals surface area contributed by atoms with Crippen molar-refractivity contribution in [2.75, 3.05) is 26.2 Å². The van der Waals surface area contributed by atoms with Crippen molar-refractivity contribution in [1.82, 2.24) is 20.5 Å². The summed E-state index contributed by atoms with van der Waals surface area (Å²) in [7, 11) is 1.54. The number of aromatic nitrogens is 1. The third-order valence-electron chi connectivity index (χ3n) is 12.6. The Morgan fingerprint density at radius 1 is 1.13 bits per heavy atom. The van der Waals surface area contributed by atoms with Crippen molar-refractivity contribution in [2.24, 2.45) is 0 Å². The summed E-state index contributed by atoms with van der Waals surface area (Å²) in [6.07, 6.45) is 1.81. The normalized spacial score (nSPS) is 30.7. The number of nitriles is 1. The molecule has 0 aliphatic carbocycles. The van der Waals surface area contributed by atoms with Crippen LogP contribution in [0.4, 0.5) is 0 Å². The monoisotopic (exact) mass is 735 g/mol. The van der Waals surface area contributed by atoms with E-state index in [-0.39, 0.29) is 30.1 Å². The molecule has 6 aliphatic rings.